The molecule has 0 unspecified atom stereocenters. The van der Waals surface area contributed by atoms with Crippen molar-refractivity contribution >= 4 is 34.3 Å². The lowest BCUT2D eigenvalue weighted by Gasteiger charge is -2.24. The molecule has 1 aliphatic heterocycles. The number of nitrogens with zero attached hydrogens (tertiary/aromatic N) is 2. The number of aromatic amines is 1. The molecule has 4 aromatic rings. The van der Waals surface area contributed by atoms with Gasteiger partial charge in [0.1, 0.15) is 0 Å². The molecule has 36 heavy (non-hydrogen) atoms. The van der Waals surface area contributed by atoms with Crippen molar-refractivity contribution in [3.8, 4) is 0 Å². The predicted molar refractivity (Wildman–Crippen MR) is 144 cm³/mol. The van der Waals surface area contributed by atoms with Crippen LogP contribution in [-0.4, -0.2) is 22.6 Å². The van der Waals surface area contributed by atoms with Gasteiger partial charge in [-0.3, -0.25) is 9.36 Å². The summed E-state index contributed by atoms with van der Waals surface area (Å²) in [7, 11) is 1.36. The second-order valence-electron chi connectivity index (χ2n) is 9.61. The number of allylic oxidation sites excluding steroid dienone is 1. The monoisotopic (exact) mass is 499 g/mol. The van der Waals surface area contributed by atoms with Crippen molar-refractivity contribution in [1.29, 1.82) is 0 Å². The molecule has 0 radical (unpaired) electrons. The summed E-state index contributed by atoms with van der Waals surface area (Å²) in [5.74, 6) is -0.104. The Morgan fingerprint density at radius 2 is 1.86 bits per heavy atom. The van der Waals surface area contributed by atoms with Crippen molar-refractivity contribution in [2.24, 2.45) is 4.99 Å². The molecule has 0 aliphatic carbocycles. The minimum absolute atomic E-state index is 0.174. The molecule has 0 saturated carbocycles. The normalized spacial score (nSPS) is 16.0. The van der Waals surface area contributed by atoms with Gasteiger partial charge in [-0.15, -0.1) is 0 Å². The first kappa shape index (κ1) is 24.0. The minimum Gasteiger partial charge on any atom is -0.466 e. The van der Waals surface area contributed by atoms with Gasteiger partial charge in [0.15, 0.2) is 4.80 Å². The Morgan fingerprint density at radius 3 is 2.53 bits per heavy atom. The van der Waals surface area contributed by atoms with Gasteiger partial charge in [-0.25, -0.2) is 9.79 Å². The zero-order chi connectivity index (χ0) is 25.7. The lowest BCUT2D eigenvalue weighted by Crippen LogP contribution is -2.39. The Balaban J connectivity index is 1.75. The van der Waals surface area contributed by atoms with Crippen molar-refractivity contribution in [2.45, 2.75) is 46.6 Å². The van der Waals surface area contributed by atoms with Crippen LogP contribution in [0.2, 0.25) is 0 Å². The molecule has 0 amide bonds. The molecule has 5 rings (SSSR count). The molecule has 1 atom stereocenters. The average Bonchev–Trinajstić information content (AvgIpc) is 3.33. The van der Waals surface area contributed by atoms with E-state index in [4.69, 9.17) is 4.74 Å². The number of esters is 1. The van der Waals surface area contributed by atoms with E-state index in [0.717, 1.165) is 33.3 Å². The number of fused-ring (bicyclic) bond motifs is 2. The Kier molecular flexibility index (Phi) is 6.04. The SMILES string of the molecule is COC(=O)C1=C(C)N=c2s/c(=C\c3c(C)[nH]c4ccc(C)cc34)c(=O)n2[C@H]1c1ccc(C(C)C)cc1. The first-order valence-electron chi connectivity index (χ1n) is 12.0. The first-order valence-corrected chi connectivity index (χ1v) is 12.8. The standard InChI is InChI=1S/C29H29N3O3S/c1-15(2)19-8-10-20(11-9-19)26-25(28(34)35-6)18(5)31-29-32(26)27(33)24(36-29)14-21-17(4)30-23-12-7-16(3)13-22(21)23/h7-15,26,30H,1-6H3/b24-14-/t26-/m0/s1. The van der Waals surface area contributed by atoms with Gasteiger partial charge >= 0.3 is 5.97 Å². The van der Waals surface area contributed by atoms with Crippen molar-refractivity contribution in [2.75, 3.05) is 7.11 Å². The number of methoxy groups -OCH3 is 1. The maximum absolute atomic E-state index is 13.9. The molecule has 0 fully saturated rings. The van der Waals surface area contributed by atoms with Crippen LogP contribution in [0.5, 0.6) is 0 Å². The Hall–Kier alpha value is -3.71. The quantitative estimate of drug-likeness (QED) is 0.416. The summed E-state index contributed by atoms with van der Waals surface area (Å²) in [6, 6.07) is 13.7. The van der Waals surface area contributed by atoms with Crippen LogP contribution in [0, 0.1) is 13.8 Å². The van der Waals surface area contributed by atoms with E-state index in [2.05, 4.69) is 61.1 Å². The van der Waals surface area contributed by atoms with Gasteiger partial charge in [0.2, 0.25) is 0 Å². The number of rotatable bonds is 4. The third-order valence-corrected chi connectivity index (χ3v) is 7.80. The molecule has 1 N–H and O–H groups in total. The second-order valence-corrected chi connectivity index (χ2v) is 10.6. The number of benzene rings is 2. The van der Waals surface area contributed by atoms with Crippen molar-refractivity contribution in [3.05, 3.63) is 101 Å². The minimum atomic E-state index is -0.608. The van der Waals surface area contributed by atoms with Gasteiger partial charge in [-0.05, 0) is 56.0 Å². The van der Waals surface area contributed by atoms with Gasteiger partial charge < -0.3 is 9.72 Å². The van der Waals surface area contributed by atoms with Crippen LogP contribution < -0.4 is 14.9 Å². The fourth-order valence-electron chi connectivity index (χ4n) is 4.85. The Labute approximate surface area is 213 Å². The molecule has 0 spiro atoms. The van der Waals surface area contributed by atoms with E-state index in [9.17, 15) is 9.59 Å². The number of thiazole rings is 1. The lowest BCUT2D eigenvalue weighted by molar-refractivity contribution is -0.136. The fraction of sp³-hybridized carbons (Fsp3) is 0.276. The summed E-state index contributed by atoms with van der Waals surface area (Å²) in [4.78, 5) is 35.4. The van der Waals surface area contributed by atoms with Gasteiger partial charge in [0, 0.05) is 22.2 Å². The average molecular weight is 500 g/mol. The van der Waals surface area contributed by atoms with E-state index >= 15 is 0 Å². The summed E-state index contributed by atoms with van der Waals surface area (Å²) in [6.07, 6.45) is 1.94. The van der Waals surface area contributed by atoms with E-state index in [1.54, 1.807) is 11.5 Å². The molecular formula is C29H29N3O3S. The molecule has 2 aromatic carbocycles. The summed E-state index contributed by atoms with van der Waals surface area (Å²) in [5.41, 5.74) is 6.97. The highest BCUT2D eigenvalue weighted by atomic mass is 32.1. The molecule has 2 aromatic heterocycles. The number of carbonyl (C=O) groups is 1. The van der Waals surface area contributed by atoms with Gasteiger partial charge in [-0.2, -0.15) is 0 Å². The van der Waals surface area contributed by atoms with Crippen LogP contribution in [0.1, 0.15) is 60.7 Å². The maximum Gasteiger partial charge on any atom is 0.338 e. The fourth-order valence-corrected chi connectivity index (χ4v) is 5.88. The zero-order valence-corrected chi connectivity index (χ0v) is 22.1. The molecule has 184 valence electrons. The van der Waals surface area contributed by atoms with Crippen molar-refractivity contribution in [1.82, 2.24) is 9.55 Å². The smallest absolute Gasteiger partial charge is 0.338 e. The molecule has 7 heteroatoms. The van der Waals surface area contributed by atoms with Crippen molar-refractivity contribution in [3.63, 3.8) is 0 Å². The highest BCUT2D eigenvalue weighted by Gasteiger charge is 2.33. The van der Waals surface area contributed by atoms with Crippen LogP contribution in [0.3, 0.4) is 0 Å². The number of hydrogen-bond acceptors (Lipinski definition) is 5. The van der Waals surface area contributed by atoms with Gasteiger partial charge in [0.05, 0.1) is 29.0 Å². The van der Waals surface area contributed by atoms with Crippen molar-refractivity contribution < 1.29 is 9.53 Å². The van der Waals surface area contributed by atoms with E-state index in [1.165, 1.54) is 24.0 Å². The highest BCUT2D eigenvalue weighted by Crippen LogP contribution is 2.31. The summed E-state index contributed by atoms with van der Waals surface area (Å²) >= 11 is 1.34. The van der Waals surface area contributed by atoms with Crippen LogP contribution >= 0.6 is 11.3 Å². The van der Waals surface area contributed by atoms with Crippen LogP contribution in [0.25, 0.3) is 17.0 Å². The zero-order valence-electron chi connectivity index (χ0n) is 21.3. The van der Waals surface area contributed by atoms with Crippen LogP contribution in [0.15, 0.2) is 63.5 Å². The summed E-state index contributed by atoms with van der Waals surface area (Å²) in [5, 5.41) is 1.07. The molecule has 0 bridgehead atoms. The molecule has 3 heterocycles. The first-order chi connectivity index (χ1) is 17.2. The Morgan fingerprint density at radius 1 is 1.14 bits per heavy atom. The number of nitrogens with one attached hydrogen (secondary N) is 1. The number of aromatic nitrogens is 2. The Bertz CT molecular complexity index is 1720. The van der Waals surface area contributed by atoms with E-state index in [1.807, 2.05) is 25.1 Å². The lowest BCUT2D eigenvalue weighted by atomic mass is 9.93. The number of ether oxygens (including phenoxy) is 1. The van der Waals surface area contributed by atoms with Gasteiger partial charge in [0.25, 0.3) is 5.56 Å². The highest BCUT2D eigenvalue weighted by molar-refractivity contribution is 7.07. The third-order valence-electron chi connectivity index (χ3n) is 6.81. The van der Waals surface area contributed by atoms with E-state index in [-0.39, 0.29) is 5.56 Å². The summed E-state index contributed by atoms with van der Waals surface area (Å²) < 4.78 is 7.32. The van der Waals surface area contributed by atoms with Crippen LogP contribution in [-0.2, 0) is 9.53 Å². The van der Waals surface area contributed by atoms with Crippen LogP contribution in [0.4, 0.5) is 0 Å². The number of aryl methyl sites for hydroxylation is 2. The van der Waals surface area contributed by atoms with E-state index in [0.29, 0.717) is 26.5 Å². The van der Waals surface area contributed by atoms with E-state index < -0.39 is 12.0 Å². The molecule has 1 aliphatic rings. The van der Waals surface area contributed by atoms with Gasteiger partial charge in [-0.1, -0.05) is 61.1 Å². The second kappa shape index (κ2) is 9.06. The summed E-state index contributed by atoms with van der Waals surface area (Å²) in [6.45, 7) is 10.1. The number of hydrogen-bond donors (Lipinski definition) is 1. The molecular weight excluding hydrogens is 470 g/mol. The molecule has 0 saturated heterocycles. The predicted octanol–water partition coefficient (Wildman–Crippen LogP) is 4.63. The topological polar surface area (TPSA) is 76.4 Å². The molecule has 6 nitrogen and oxygen atoms in total. The largest absolute Gasteiger partial charge is 0.466 e. The number of H-pyrrole nitrogens is 1. The number of carbonyl (C=O) groups excluding carboxylic acids is 1. The third kappa shape index (κ3) is 3.93. The maximum atomic E-state index is 13.9.